The Labute approximate surface area is 190 Å². The summed E-state index contributed by atoms with van der Waals surface area (Å²) in [5.74, 6) is 1.90. The summed E-state index contributed by atoms with van der Waals surface area (Å²) in [6.45, 7) is 10.00. The van der Waals surface area contributed by atoms with E-state index in [0.717, 1.165) is 50.7 Å². The standard InChI is InChI=1S/C26H33N5O/c1-19-15-20(2)17-23(16-19)18-30-12-11-24-28-29-26(31(24)14-13-30)21(3)27-25(32)10-9-22-7-5-4-6-8-22/h4-8,15-17,21H,9-14,18H2,1-3H3,(H,27,32). The Hall–Kier alpha value is -2.99. The zero-order chi connectivity index (χ0) is 22.5. The van der Waals surface area contributed by atoms with Crippen LogP contribution in [0.15, 0.2) is 48.5 Å². The molecule has 0 bridgehead atoms. The molecule has 3 aromatic rings. The van der Waals surface area contributed by atoms with Crippen LogP contribution in [0.1, 0.15) is 53.3 Å². The molecule has 0 spiro atoms. The highest BCUT2D eigenvalue weighted by atomic mass is 16.1. The third-order valence-electron chi connectivity index (χ3n) is 6.08. The first-order valence-electron chi connectivity index (χ1n) is 11.5. The monoisotopic (exact) mass is 431 g/mol. The van der Waals surface area contributed by atoms with Crippen molar-refractivity contribution in [1.82, 2.24) is 25.0 Å². The van der Waals surface area contributed by atoms with Gasteiger partial charge in [0.15, 0.2) is 5.82 Å². The molecule has 0 aliphatic carbocycles. The molecule has 2 aromatic carbocycles. The van der Waals surface area contributed by atoms with Crippen LogP contribution in [-0.4, -0.2) is 38.7 Å². The van der Waals surface area contributed by atoms with E-state index in [-0.39, 0.29) is 11.9 Å². The predicted molar refractivity (Wildman–Crippen MR) is 126 cm³/mol. The first kappa shape index (κ1) is 22.2. The molecule has 168 valence electrons. The van der Waals surface area contributed by atoms with Gasteiger partial charge in [-0.1, -0.05) is 59.7 Å². The number of hydrogen-bond donors (Lipinski definition) is 1. The Morgan fingerprint density at radius 2 is 1.75 bits per heavy atom. The Bertz CT molecular complexity index is 1040. The van der Waals surface area contributed by atoms with Gasteiger partial charge >= 0.3 is 0 Å². The zero-order valence-corrected chi connectivity index (χ0v) is 19.3. The number of fused-ring (bicyclic) bond motifs is 1. The van der Waals surface area contributed by atoms with Crippen molar-refractivity contribution in [3.8, 4) is 0 Å². The summed E-state index contributed by atoms with van der Waals surface area (Å²) < 4.78 is 2.20. The van der Waals surface area contributed by atoms with E-state index in [1.54, 1.807) is 0 Å². The number of carbonyl (C=O) groups is 1. The summed E-state index contributed by atoms with van der Waals surface area (Å²) in [5.41, 5.74) is 5.16. The van der Waals surface area contributed by atoms with Crippen LogP contribution in [0.25, 0.3) is 0 Å². The van der Waals surface area contributed by atoms with Crippen molar-refractivity contribution < 1.29 is 4.79 Å². The number of rotatable bonds is 7. The van der Waals surface area contributed by atoms with E-state index in [0.29, 0.717) is 6.42 Å². The largest absolute Gasteiger partial charge is 0.346 e. The molecule has 1 aliphatic heterocycles. The van der Waals surface area contributed by atoms with E-state index in [9.17, 15) is 4.79 Å². The first-order valence-corrected chi connectivity index (χ1v) is 11.5. The Balaban J connectivity index is 1.34. The molecule has 1 amide bonds. The number of benzene rings is 2. The van der Waals surface area contributed by atoms with Gasteiger partial charge in [-0.2, -0.15) is 0 Å². The predicted octanol–water partition coefficient (Wildman–Crippen LogP) is 3.76. The van der Waals surface area contributed by atoms with Gasteiger partial charge in [0, 0.05) is 39.0 Å². The summed E-state index contributed by atoms with van der Waals surface area (Å²) in [5, 5.41) is 12.0. The molecule has 32 heavy (non-hydrogen) atoms. The molecule has 0 fully saturated rings. The molecule has 1 unspecified atom stereocenters. The van der Waals surface area contributed by atoms with Crippen LogP contribution < -0.4 is 5.32 Å². The first-order chi connectivity index (χ1) is 15.5. The highest BCUT2D eigenvalue weighted by Gasteiger charge is 2.22. The fourth-order valence-electron chi connectivity index (χ4n) is 4.57. The van der Waals surface area contributed by atoms with Crippen molar-refractivity contribution in [3.05, 3.63) is 82.4 Å². The van der Waals surface area contributed by atoms with Gasteiger partial charge in [0.25, 0.3) is 0 Å². The molecule has 1 N–H and O–H groups in total. The fourth-order valence-corrected chi connectivity index (χ4v) is 4.57. The Morgan fingerprint density at radius 3 is 2.50 bits per heavy atom. The quantitative estimate of drug-likeness (QED) is 0.619. The SMILES string of the molecule is Cc1cc(C)cc(CN2CCc3nnc(C(C)NC(=O)CCc4ccccc4)n3CC2)c1. The van der Waals surface area contributed by atoms with Gasteiger partial charge in [-0.3, -0.25) is 9.69 Å². The maximum Gasteiger partial charge on any atom is 0.220 e. The van der Waals surface area contributed by atoms with Crippen molar-refractivity contribution in [3.63, 3.8) is 0 Å². The third-order valence-corrected chi connectivity index (χ3v) is 6.08. The van der Waals surface area contributed by atoms with E-state index in [1.807, 2.05) is 25.1 Å². The normalized spacial score (nSPS) is 15.1. The van der Waals surface area contributed by atoms with Gasteiger partial charge in [-0.25, -0.2) is 0 Å². The number of aryl methyl sites for hydroxylation is 3. The summed E-state index contributed by atoms with van der Waals surface area (Å²) in [7, 11) is 0. The number of nitrogens with zero attached hydrogens (tertiary/aromatic N) is 4. The number of carbonyl (C=O) groups excluding carboxylic acids is 1. The van der Waals surface area contributed by atoms with Gasteiger partial charge in [-0.05, 0) is 38.3 Å². The lowest BCUT2D eigenvalue weighted by Crippen LogP contribution is -2.30. The number of aromatic nitrogens is 3. The van der Waals surface area contributed by atoms with Crippen molar-refractivity contribution in [1.29, 1.82) is 0 Å². The highest BCUT2D eigenvalue weighted by Crippen LogP contribution is 2.18. The topological polar surface area (TPSA) is 63.1 Å². The van der Waals surface area contributed by atoms with Crippen LogP contribution in [0.4, 0.5) is 0 Å². The average molecular weight is 432 g/mol. The second kappa shape index (κ2) is 10.1. The van der Waals surface area contributed by atoms with Crippen molar-refractivity contribution >= 4 is 5.91 Å². The van der Waals surface area contributed by atoms with E-state index < -0.39 is 0 Å². The summed E-state index contributed by atoms with van der Waals surface area (Å²) in [6.07, 6.45) is 2.08. The van der Waals surface area contributed by atoms with Crippen LogP contribution in [0.5, 0.6) is 0 Å². The molecule has 1 aromatic heterocycles. The van der Waals surface area contributed by atoms with Gasteiger partial charge in [0.2, 0.25) is 5.91 Å². The molecule has 4 rings (SSSR count). The maximum absolute atomic E-state index is 12.5. The minimum Gasteiger partial charge on any atom is -0.346 e. The summed E-state index contributed by atoms with van der Waals surface area (Å²) in [4.78, 5) is 15.0. The van der Waals surface area contributed by atoms with Crippen molar-refractivity contribution in [2.24, 2.45) is 0 Å². The zero-order valence-electron chi connectivity index (χ0n) is 19.3. The number of amides is 1. The third kappa shape index (κ3) is 5.62. The molecule has 2 heterocycles. The van der Waals surface area contributed by atoms with E-state index in [1.165, 1.54) is 22.3 Å². The second-order valence-electron chi connectivity index (χ2n) is 8.92. The van der Waals surface area contributed by atoms with Crippen LogP contribution >= 0.6 is 0 Å². The summed E-state index contributed by atoms with van der Waals surface area (Å²) in [6, 6.07) is 16.7. The van der Waals surface area contributed by atoms with Gasteiger partial charge in [0.05, 0.1) is 6.04 Å². The molecule has 1 atom stereocenters. The Morgan fingerprint density at radius 1 is 1.00 bits per heavy atom. The van der Waals surface area contributed by atoms with Gasteiger partial charge in [0.1, 0.15) is 5.82 Å². The van der Waals surface area contributed by atoms with E-state index in [2.05, 4.69) is 69.2 Å². The van der Waals surface area contributed by atoms with Crippen molar-refractivity contribution in [2.45, 2.75) is 59.2 Å². The lowest BCUT2D eigenvalue weighted by Gasteiger charge is -2.21. The molecular weight excluding hydrogens is 398 g/mol. The number of nitrogens with one attached hydrogen (secondary N) is 1. The smallest absolute Gasteiger partial charge is 0.220 e. The molecular formula is C26H33N5O. The minimum absolute atomic E-state index is 0.0452. The number of hydrogen-bond acceptors (Lipinski definition) is 4. The van der Waals surface area contributed by atoms with Crippen LogP contribution in [0.3, 0.4) is 0 Å². The molecule has 1 aliphatic rings. The van der Waals surface area contributed by atoms with E-state index >= 15 is 0 Å². The van der Waals surface area contributed by atoms with Crippen LogP contribution in [-0.2, 0) is 30.7 Å². The Kier molecular flexibility index (Phi) is 7.00. The molecule has 0 radical (unpaired) electrons. The summed E-state index contributed by atoms with van der Waals surface area (Å²) >= 11 is 0. The molecule has 0 saturated heterocycles. The second-order valence-corrected chi connectivity index (χ2v) is 8.92. The van der Waals surface area contributed by atoms with Crippen LogP contribution in [0.2, 0.25) is 0 Å². The van der Waals surface area contributed by atoms with Gasteiger partial charge in [-0.15, -0.1) is 10.2 Å². The molecule has 6 heteroatoms. The van der Waals surface area contributed by atoms with E-state index in [4.69, 9.17) is 0 Å². The average Bonchev–Trinajstić information content (AvgIpc) is 3.07. The van der Waals surface area contributed by atoms with Crippen LogP contribution in [0, 0.1) is 13.8 Å². The molecule has 0 saturated carbocycles. The maximum atomic E-state index is 12.5. The minimum atomic E-state index is -0.162. The van der Waals surface area contributed by atoms with Gasteiger partial charge < -0.3 is 9.88 Å². The highest BCUT2D eigenvalue weighted by molar-refractivity contribution is 5.76. The lowest BCUT2D eigenvalue weighted by atomic mass is 10.1. The van der Waals surface area contributed by atoms with Crippen molar-refractivity contribution in [2.75, 3.05) is 13.1 Å². The fraction of sp³-hybridized carbons (Fsp3) is 0.423. The lowest BCUT2D eigenvalue weighted by molar-refractivity contribution is -0.121. The molecule has 6 nitrogen and oxygen atoms in total.